The smallest absolute Gasteiger partial charge is 0.200 e. The topological polar surface area (TPSA) is 72.4 Å². The van der Waals surface area contributed by atoms with Crippen LogP contribution in [0.5, 0.6) is 0 Å². The number of nitrogens with one attached hydrogen (secondary N) is 1. The van der Waals surface area contributed by atoms with Crippen LogP contribution in [0.1, 0.15) is 43.5 Å². The van der Waals surface area contributed by atoms with Gasteiger partial charge in [-0.2, -0.15) is 5.43 Å². The van der Waals surface area contributed by atoms with E-state index in [0.29, 0.717) is 12.0 Å². The lowest BCUT2D eigenvalue weighted by Crippen LogP contribution is -2.41. The third-order valence-corrected chi connectivity index (χ3v) is 5.67. The molecule has 2 aliphatic carbocycles. The van der Waals surface area contributed by atoms with E-state index in [2.05, 4.69) is 54.4 Å². The SMILES string of the molecule is c1cc(N[n+]2ccc(-c3cnc(C4CC4)nc3)cc2)cc(-c2nncn2C2CC2)c1. The van der Waals surface area contributed by atoms with Crippen molar-refractivity contribution in [3.8, 4) is 22.5 Å². The van der Waals surface area contributed by atoms with Crippen LogP contribution in [0.2, 0.25) is 0 Å². The first-order valence-electron chi connectivity index (χ1n) is 10.4. The van der Waals surface area contributed by atoms with E-state index in [1.54, 1.807) is 0 Å². The van der Waals surface area contributed by atoms with E-state index in [9.17, 15) is 0 Å². The molecular weight excluding hydrogens is 374 g/mol. The normalized spacial score (nSPS) is 15.9. The molecule has 0 saturated heterocycles. The molecule has 2 aliphatic rings. The Morgan fingerprint density at radius 1 is 0.900 bits per heavy atom. The summed E-state index contributed by atoms with van der Waals surface area (Å²) in [6.45, 7) is 0. The van der Waals surface area contributed by atoms with Crippen molar-refractivity contribution < 1.29 is 4.68 Å². The average Bonchev–Trinajstić information content (AvgIpc) is 3.73. The van der Waals surface area contributed by atoms with Crippen LogP contribution in [0.25, 0.3) is 22.5 Å². The van der Waals surface area contributed by atoms with E-state index in [0.717, 1.165) is 34.0 Å². The van der Waals surface area contributed by atoms with Crippen molar-refractivity contribution in [2.45, 2.75) is 37.6 Å². The molecule has 0 radical (unpaired) electrons. The zero-order valence-corrected chi connectivity index (χ0v) is 16.5. The Balaban J connectivity index is 1.20. The molecular formula is C23H22N7+. The summed E-state index contributed by atoms with van der Waals surface area (Å²) in [7, 11) is 0. The van der Waals surface area contributed by atoms with E-state index in [1.165, 1.54) is 25.7 Å². The molecule has 0 amide bonds. The number of pyridine rings is 1. The molecule has 7 nitrogen and oxygen atoms in total. The monoisotopic (exact) mass is 396 g/mol. The number of nitrogens with zero attached hydrogens (tertiary/aromatic N) is 6. The van der Waals surface area contributed by atoms with Crippen LogP contribution in [0.15, 0.2) is 67.5 Å². The molecule has 1 aromatic carbocycles. The van der Waals surface area contributed by atoms with E-state index in [4.69, 9.17) is 0 Å². The molecule has 3 heterocycles. The summed E-state index contributed by atoms with van der Waals surface area (Å²) in [5.41, 5.74) is 7.60. The van der Waals surface area contributed by atoms with Crippen molar-refractivity contribution in [1.82, 2.24) is 24.7 Å². The molecule has 30 heavy (non-hydrogen) atoms. The van der Waals surface area contributed by atoms with Crippen molar-refractivity contribution in [2.75, 3.05) is 5.43 Å². The Labute approximate surface area is 174 Å². The lowest BCUT2D eigenvalue weighted by molar-refractivity contribution is -0.642. The highest BCUT2D eigenvalue weighted by atomic mass is 15.4. The van der Waals surface area contributed by atoms with Gasteiger partial charge in [0.1, 0.15) is 12.2 Å². The second-order valence-electron chi connectivity index (χ2n) is 8.08. The van der Waals surface area contributed by atoms with Gasteiger partial charge in [-0.1, -0.05) is 16.8 Å². The van der Waals surface area contributed by atoms with Gasteiger partial charge in [-0.05, 0) is 43.4 Å². The van der Waals surface area contributed by atoms with E-state index in [1.807, 2.05) is 47.9 Å². The van der Waals surface area contributed by atoms with Crippen LogP contribution in [-0.4, -0.2) is 24.7 Å². The summed E-state index contributed by atoms with van der Waals surface area (Å²) in [6.07, 6.45) is 14.5. The van der Waals surface area contributed by atoms with Gasteiger partial charge in [0.15, 0.2) is 18.2 Å². The third kappa shape index (κ3) is 3.43. The lowest BCUT2D eigenvalue weighted by atomic mass is 10.1. The first kappa shape index (κ1) is 17.3. The molecule has 2 fully saturated rings. The molecule has 0 aliphatic heterocycles. The van der Waals surface area contributed by atoms with Gasteiger partial charge in [0.25, 0.3) is 0 Å². The van der Waals surface area contributed by atoms with E-state index in [-0.39, 0.29) is 0 Å². The zero-order valence-electron chi connectivity index (χ0n) is 16.5. The van der Waals surface area contributed by atoms with Gasteiger partial charge < -0.3 is 4.57 Å². The molecule has 1 N–H and O–H groups in total. The number of rotatable bonds is 6. The van der Waals surface area contributed by atoms with E-state index < -0.39 is 0 Å². The molecule has 0 unspecified atom stereocenters. The summed E-state index contributed by atoms with van der Waals surface area (Å²) in [5, 5.41) is 8.44. The van der Waals surface area contributed by atoms with Gasteiger partial charge in [-0.3, -0.25) is 0 Å². The summed E-state index contributed by atoms with van der Waals surface area (Å²) < 4.78 is 4.12. The first-order valence-corrected chi connectivity index (χ1v) is 10.4. The lowest BCUT2D eigenvalue weighted by Gasteiger charge is -2.07. The highest BCUT2D eigenvalue weighted by molar-refractivity contribution is 5.62. The molecule has 0 bridgehead atoms. The summed E-state index contributed by atoms with van der Waals surface area (Å²) in [4.78, 5) is 9.04. The third-order valence-electron chi connectivity index (χ3n) is 5.67. The molecule has 148 valence electrons. The Bertz CT molecular complexity index is 1170. The van der Waals surface area contributed by atoms with Crippen molar-refractivity contribution in [2.24, 2.45) is 0 Å². The minimum atomic E-state index is 0.552. The van der Waals surface area contributed by atoms with Crippen LogP contribution >= 0.6 is 0 Å². The van der Waals surface area contributed by atoms with Gasteiger partial charge in [0, 0.05) is 47.6 Å². The number of benzene rings is 1. The zero-order chi connectivity index (χ0) is 19.9. The molecule has 2 saturated carbocycles. The van der Waals surface area contributed by atoms with Gasteiger partial charge in [0.05, 0.1) is 5.69 Å². The maximum atomic E-state index is 4.52. The number of aromatic nitrogens is 6. The minimum Gasteiger partial charge on any atom is -0.310 e. The van der Waals surface area contributed by atoms with Crippen LogP contribution in [-0.2, 0) is 0 Å². The standard InChI is InChI=1S/C23H22N7/c1-2-18(23-27-26-15-30(23)21-6-7-21)12-20(3-1)28-29-10-8-16(9-11-29)19-13-24-22(25-14-19)17-4-5-17/h1-3,8-15,17,21,28H,4-7H2/q+1. The van der Waals surface area contributed by atoms with Crippen LogP contribution in [0.3, 0.4) is 0 Å². The molecule has 0 spiro atoms. The Hall–Kier alpha value is -3.61. The predicted molar refractivity (Wildman–Crippen MR) is 112 cm³/mol. The van der Waals surface area contributed by atoms with Crippen molar-refractivity contribution >= 4 is 5.69 Å². The Morgan fingerprint density at radius 3 is 2.43 bits per heavy atom. The summed E-state index contributed by atoms with van der Waals surface area (Å²) >= 11 is 0. The largest absolute Gasteiger partial charge is 0.310 e. The van der Waals surface area contributed by atoms with Gasteiger partial charge in [-0.15, -0.1) is 10.2 Å². The van der Waals surface area contributed by atoms with E-state index >= 15 is 0 Å². The second-order valence-corrected chi connectivity index (χ2v) is 8.08. The van der Waals surface area contributed by atoms with Crippen LogP contribution in [0, 0.1) is 0 Å². The fraction of sp³-hybridized carbons (Fsp3) is 0.261. The number of hydrogen-bond acceptors (Lipinski definition) is 5. The highest BCUT2D eigenvalue weighted by Crippen LogP contribution is 2.38. The fourth-order valence-electron chi connectivity index (χ4n) is 3.68. The summed E-state index contributed by atoms with van der Waals surface area (Å²) in [6, 6.07) is 13.0. The quantitative estimate of drug-likeness (QED) is 0.502. The summed E-state index contributed by atoms with van der Waals surface area (Å²) in [5.74, 6) is 2.48. The first-order chi connectivity index (χ1) is 14.8. The number of anilines is 1. The van der Waals surface area contributed by atoms with Crippen molar-refractivity contribution in [1.29, 1.82) is 0 Å². The second kappa shape index (κ2) is 7.02. The Morgan fingerprint density at radius 2 is 1.70 bits per heavy atom. The van der Waals surface area contributed by atoms with Gasteiger partial charge in [-0.25, -0.2) is 9.97 Å². The van der Waals surface area contributed by atoms with Crippen LogP contribution in [0.4, 0.5) is 5.69 Å². The van der Waals surface area contributed by atoms with Crippen LogP contribution < -0.4 is 10.1 Å². The maximum absolute atomic E-state index is 4.52. The highest BCUT2D eigenvalue weighted by Gasteiger charge is 2.27. The molecule has 4 aromatic rings. The fourth-order valence-corrected chi connectivity index (χ4v) is 3.68. The van der Waals surface area contributed by atoms with Gasteiger partial charge in [0.2, 0.25) is 0 Å². The van der Waals surface area contributed by atoms with Crippen molar-refractivity contribution in [3.05, 3.63) is 73.3 Å². The van der Waals surface area contributed by atoms with Gasteiger partial charge >= 0.3 is 0 Å². The molecule has 0 atom stereocenters. The molecule has 3 aromatic heterocycles. The number of hydrogen-bond donors (Lipinski definition) is 1. The minimum absolute atomic E-state index is 0.552. The molecule has 7 heteroatoms. The molecule has 6 rings (SSSR count). The van der Waals surface area contributed by atoms with Crippen molar-refractivity contribution in [3.63, 3.8) is 0 Å². The maximum Gasteiger partial charge on any atom is 0.200 e. The predicted octanol–water partition coefficient (Wildman–Crippen LogP) is 3.78. The Kier molecular flexibility index (Phi) is 4.04. The average molecular weight is 396 g/mol.